The smallest absolute Gasteiger partial charge is 0.305 e. The fraction of sp³-hybridized carbons (Fsp3) is 0.960. The molecule has 0 spiro atoms. The molecular formula is C25H50O5. The van der Waals surface area contributed by atoms with Gasteiger partial charge >= 0.3 is 5.97 Å². The minimum atomic E-state index is -0.835. The first-order valence-electron chi connectivity index (χ1n) is 12.5. The van der Waals surface area contributed by atoms with Gasteiger partial charge in [0.1, 0.15) is 12.7 Å². The standard InChI is InChI=1S/C25H50O5/c1-4-23(26)19-29-20-24(27)21-30-25(28)18-16-14-12-10-8-6-5-7-9-11-13-15-17-22(2)3/h22-24,26-27H,4-21H2,1-3H3. The lowest BCUT2D eigenvalue weighted by Gasteiger charge is -2.13. The van der Waals surface area contributed by atoms with Crippen molar-refractivity contribution >= 4 is 5.97 Å². The van der Waals surface area contributed by atoms with Gasteiger partial charge in [0.25, 0.3) is 0 Å². The molecule has 2 N–H and O–H groups in total. The van der Waals surface area contributed by atoms with E-state index in [0.717, 1.165) is 18.8 Å². The van der Waals surface area contributed by atoms with Crippen LogP contribution in [0.5, 0.6) is 0 Å². The summed E-state index contributed by atoms with van der Waals surface area (Å²) >= 11 is 0. The van der Waals surface area contributed by atoms with E-state index < -0.39 is 12.2 Å². The zero-order chi connectivity index (χ0) is 22.5. The SMILES string of the molecule is CCC(O)COCC(O)COC(=O)CCCCCCCCCCCCCCC(C)C. The third-order valence-electron chi connectivity index (χ3n) is 5.44. The van der Waals surface area contributed by atoms with E-state index in [-0.39, 0.29) is 25.8 Å². The van der Waals surface area contributed by atoms with Crippen LogP contribution in [0.3, 0.4) is 0 Å². The fourth-order valence-corrected chi connectivity index (χ4v) is 3.36. The molecule has 2 unspecified atom stereocenters. The second-order valence-corrected chi connectivity index (χ2v) is 9.11. The average Bonchev–Trinajstić information content (AvgIpc) is 2.72. The first-order valence-corrected chi connectivity index (χ1v) is 12.5. The van der Waals surface area contributed by atoms with Crippen molar-refractivity contribution in [1.29, 1.82) is 0 Å². The maximum atomic E-state index is 11.7. The number of hydrogen-bond acceptors (Lipinski definition) is 5. The Morgan fingerprint density at radius 1 is 0.700 bits per heavy atom. The van der Waals surface area contributed by atoms with Crippen molar-refractivity contribution in [2.75, 3.05) is 19.8 Å². The van der Waals surface area contributed by atoms with Crippen LogP contribution in [0.4, 0.5) is 0 Å². The molecule has 0 fully saturated rings. The van der Waals surface area contributed by atoms with Crippen LogP contribution < -0.4 is 0 Å². The lowest BCUT2D eigenvalue weighted by atomic mass is 10.0. The van der Waals surface area contributed by atoms with Crippen molar-refractivity contribution in [2.45, 2.75) is 129 Å². The Morgan fingerprint density at radius 2 is 1.17 bits per heavy atom. The van der Waals surface area contributed by atoms with Crippen molar-refractivity contribution in [2.24, 2.45) is 5.92 Å². The molecule has 5 nitrogen and oxygen atoms in total. The predicted octanol–water partition coefficient (Wildman–Crippen LogP) is 5.80. The normalized spacial score (nSPS) is 13.5. The number of aliphatic hydroxyl groups is 2. The minimum absolute atomic E-state index is 0.0429. The lowest BCUT2D eigenvalue weighted by molar-refractivity contribution is -0.148. The Bertz CT molecular complexity index is 373. The van der Waals surface area contributed by atoms with Crippen LogP contribution in [0.1, 0.15) is 117 Å². The topological polar surface area (TPSA) is 76.0 Å². The van der Waals surface area contributed by atoms with Crippen molar-refractivity contribution in [3.8, 4) is 0 Å². The molecule has 0 radical (unpaired) electrons. The summed E-state index contributed by atoms with van der Waals surface area (Å²) in [6, 6.07) is 0. The molecule has 0 amide bonds. The fourth-order valence-electron chi connectivity index (χ4n) is 3.36. The number of unbranched alkanes of at least 4 members (excludes halogenated alkanes) is 11. The van der Waals surface area contributed by atoms with Gasteiger partial charge in [0.2, 0.25) is 0 Å². The molecule has 0 aromatic heterocycles. The van der Waals surface area contributed by atoms with Crippen LogP contribution in [0.25, 0.3) is 0 Å². The summed E-state index contributed by atoms with van der Waals surface area (Å²) in [4.78, 5) is 11.7. The van der Waals surface area contributed by atoms with E-state index in [1.54, 1.807) is 0 Å². The Hall–Kier alpha value is -0.650. The van der Waals surface area contributed by atoms with Gasteiger partial charge in [-0.1, -0.05) is 97.8 Å². The van der Waals surface area contributed by atoms with E-state index in [1.807, 2.05) is 6.92 Å². The van der Waals surface area contributed by atoms with E-state index in [2.05, 4.69) is 13.8 Å². The molecular weight excluding hydrogens is 380 g/mol. The molecule has 0 saturated carbocycles. The predicted molar refractivity (Wildman–Crippen MR) is 124 cm³/mol. The summed E-state index contributed by atoms with van der Waals surface area (Å²) in [5.41, 5.74) is 0. The van der Waals surface area contributed by atoms with Crippen LogP contribution >= 0.6 is 0 Å². The molecule has 2 atom stereocenters. The zero-order valence-electron chi connectivity index (χ0n) is 20.1. The molecule has 180 valence electrons. The van der Waals surface area contributed by atoms with E-state index in [9.17, 15) is 15.0 Å². The van der Waals surface area contributed by atoms with Crippen molar-refractivity contribution in [3.05, 3.63) is 0 Å². The van der Waals surface area contributed by atoms with Crippen molar-refractivity contribution in [3.63, 3.8) is 0 Å². The number of rotatable bonds is 22. The summed E-state index contributed by atoms with van der Waals surface area (Å²) in [6.07, 6.45) is 16.4. The van der Waals surface area contributed by atoms with E-state index in [0.29, 0.717) is 12.8 Å². The van der Waals surface area contributed by atoms with E-state index in [1.165, 1.54) is 70.6 Å². The van der Waals surface area contributed by atoms with Gasteiger partial charge in [0.05, 0.1) is 19.3 Å². The lowest BCUT2D eigenvalue weighted by Crippen LogP contribution is -2.26. The molecule has 0 aromatic rings. The number of carbonyl (C=O) groups excluding carboxylic acids is 1. The average molecular weight is 431 g/mol. The molecule has 5 heteroatoms. The largest absolute Gasteiger partial charge is 0.463 e. The minimum Gasteiger partial charge on any atom is -0.463 e. The van der Waals surface area contributed by atoms with Crippen molar-refractivity contribution in [1.82, 2.24) is 0 Å². The molecule has 0 rings (SSSR count). The molecule has 0 aliphatic rings. The Labute approximate surface area is 185 Å². The summed E-state index contributed by atoms with van der Waals surface area (Å²) in [5, 5.41) is 19.1. The summed E-state index contributed by atoms with van der Waals surface area (Å²) in [6.45, 7) is 6.70. The number of hydrogen-bond donors (Lipinski definition) is 2. The van der Waals surface area contributed by atoms with Gasteiger partial charge in [-0.15, -0.1) is 0 Å². The van der Waals surface area contributed by atoms with Gasteiger partial charge in [0, 0.05) is 6.42 Å². The first kappa shape index (κ1) is 29.4. The molecule has 0 aliphatic heterocycles. The second kappa shape index (κ2) is 21.6. The molecule has 30 heavy (non-hydrogen) atoms. The number of aliphatic hydroxyl groups excluding tert-OH is 2. The van der Waals surface area contributed by atoms with Gasteiger partial charge in [-0.05, 0) is 18.8 Å². The van der Waals surface area contributed by atoms with Gasteiger partial charge in [0.15, 0.2) is 0 Å². The van der Waals surface area contributed by atoms with Crippen LogP contribution in [0, 0.1) is 5.92 Å². The third-order valence-corrected chi connectivity index (χ3v) is 5.44. The molecule has 0 aliphatic carbocycles. The molecule has 0 heterocycles. The number of carbonyl (C=O) groups is 1. The highest BCUT2D eigenvalue weighted by Gasteiger charge is 2.10. The maximum Gasteiger partial charge on any atom is 0.305 e. The molecule has 0 saturated heterocycles. The highest BCUT2D eigenvalue weighted by atomic mass is 16.5. The highest BCUT2D eigenvalue weighted by molar-refractivity contribution is 5.69. The number of ether oxygens (including phenoxy) is 2. The van der Waals surface area contributed by atoms with Gasteiger partial charge in [-0.25, -0.2) is 0 Å². The van der Waals surface area contributed by atoms with Crippen LogP contribution in [-0.4, -0.2) is 48.2 Å². The summed E-state index contributed by atoms with van der Waals surface area (Å²) in [7, 11) is 0. The van der Waals surface area contributed by atoms with Gasteiger partial charge in [-0.3, -0.25) is 4.79 Å². The Kier molecular flexibility index (Phi) is 21.1. The molecule has 0 aromatic carbocycles. The number of esters is 1. The monoisotopic (exact) mass is 430 g/mol. The summed E-state index contributed by atoms with van der Waals surface area (Å²) in [5.74, 6) is 0.594. The second-order valence-electron chi connectivity index (χ2n) is 9.11. The van der Waals surface area contributed by atoms with Crippen LogP contribution in [0.2, 0.25) is 0 Å². The maximum absolute atomic E-state index is 11.7. The molecule has 0 bridgehead atoms. The van der Waals surface area contributed by atoms with Crippen LogP contribution in [0.15, 0.2) is 0 Å². The van der Waals surface area contributed by atoms with E-state index in [4.69, 9.17) is 9.47 Å². The Morgan fingerprint density at radius 3 is 1.67 bits per heavy atom. The quantitative estimate of drug-likeness (QED) is 0.168. The first-order chi connectivity index (χ1) is 14.5. The van der Waals surface area contributed by atoms with E-state index >= 15 is 0 Å². The Balaban J connectivity index is 3.29. The third kappa shape index (κ3) is 22.0. The van der Waals surface area contributed by atoms with Crippen molar-refractivity contribution < 1.29 is 24.5 Å². The van der Waals surface area contributed by atoms with Crippen LogP contribution in [-0.2, 0) is 14.3 Å². The van der Waals surface area contributed by atoms with Gasteiger partial charge in [-0.2, -0.15) is 0 Å². The van der Waals surface area contributed by atoms with Gasteiger partial charge < -0.3 is 19.7 Å². The summed E-state index contributed by atoms with van der Waals surface area (Å²) < 4.78 is 10.3. The highest BCUT2D eigenvalue weighted by Crippen LogP contribution is 2.14. The zero-order valence-corrected chi connectivity index (χ0v) is 20.1.